The van der Waals surface area contributed by atoms with Crippen molar-refractivity contribution < 1.29 is 4.79 Å². The first-order valence-corrected chi connectivity index (χ1v) is 11.2. The molecular weight excluding hydrogens is 364 g/mol. The van der Waals surface area contributed by atoms with Gasteiger partial charge < -0.3 is 0 Å². The first kappa shape index (κ1) is 19.1. The van der Waals surface area contributed by atoms with Gasteiger partial charge in [-0.2, -0.15) is 0 Å². The van der Waals surface area contributed by atoms with E-state index >= 15 is 0 Å². The number of amides is 1. The van der Waals surface area contributed by atoms with E-state index < -0.39 is 0 Å². The summed E-state index contributed by atoms with van der Waals surface area (Å²) in [7, 11) is 0. The van der Waals surface area contributed by atoms with Gasteiger partial charge in [-0.15, -0.1) is 0 Å². The lowest BCUT2D eigenvalue weighted by Crippen LogP contribution is -2.36. The van der Waals surface area contributed by atoms with E-state index in [1.54, 1.807) is 11.3 Å². The van der Waals surface area contributed by atoms with E-state index in [4.69, 9.17) is 4.98 Å². The minimum atomic E-state index is 0.133. The van der Waals surface area contributed by atoms with E-state index in [2.05, 4.69) is 44.2 Å². The molecule has 4 heteroatoms. The van der Waals surface area contributed by atoms with Crippen LogP contribution in [0.2, 0.25) is 0 Å². The molecule has 1 aliphatic rings. The molecule has 0 aliphatic heterocycles. The topological polar surface area (TPSA) is 33.2 Å². The Morgan fingerprint density at radius 3 is 2.54 bits per heavy atom. The molecule has 0 bridgehead atoms. The van der Waals surface area contributed by atoms with Crippen molar-refractivity contribution in [3.63, 3.8) is 0 Å². The molecule has 1 aliphatic carbocycles. The predicted molar refractivity (Wildman–Crippen MR) is 118 cm³/mol. The number of thiazole rings is 1. The van der Waals surface area contributed by atoms with E-state index in [0.29, 0.717) is 12.5 Å². The number of anilines is 1. The van der Waals surface area contributed by atoms with Crippen LogP contribution in [0.25, 0.3) is 10.2 Å². The number of carbonyl (C=O) groups is 1. The third-order valence-corrected chi connectivity index (χ3v) is 6.74. The molecule has 3 aromatic rings. The average Bonchev–Trinajstić information content (AvgIpc) is 3.16. The fourth-order valence-corrected chi connectivity index (χ4v) is 5.12. The van der Waals surface area contributed by atoms with Gasteiger partial charge >= 0.3 is 0 Å². The maximum absolute atomic E-state index is 13.5. The molecular formula is C24H28N2OS. The summed E-state index contributed by atoms with van der Waals surface area (Å²) in [6.07, 6.45) is 5.58. The Hall–Kier alpha value is -2.20. The smallest absolute Gasteiger partial charge is 0.232 e. The lowest BCUT2D eigenvalue weighted by atomic mass is 9.88. The second-order valence-corrected chi connectivity index (χ2v) is 9.10. The van der Waals surface area contributed by atoms with Gasteiger partial charge in [-0.05, 0) is 36.0 Å². The van der Waals surface area contributed by atoms with Gasteiger partial charge in [-0.25, -0.2) is 4.98 Å². The van der Waals surface area contributed by atoms with Gasteiger partial charge in [0.25, 0.3) is 0 Å². The summed E-state index contributed by atoms with van der Waals surface area (Å²) in [5.74, 6) is 0.790. The lowest BCUT2D eigenvalue weighted by Gasteiger charge is -2.27. The van der Waals surface area contributed by atoms with Crippen LogP contribution < -0.4 is 4.90 Å². The summed E-state index contributed by atoms with van der Waals surface area (Å²) in [5.41, 5.74) is 3.45. The van der Waals surface area contributed by atoms with Gasteiger partial charge in [0.05, 0.1) is 16.8 Å². The van der Waals surface area contributed by atoms with Crippen LogP contribution in [0.1, 0.15) is 63.0 Å². The minimum absolute atomic E-state index is 0.133. The Kier molecular flexibility index (Phi) is 5.77. The molecule has 1 heterocycles. The van der Waals surface area contributed by atoms with E-state index in [-0.39, 0.29) is 11.8 Å². The summed E-state index contributed by atoms with van der Waals surface area (Å²) in [6, 6.07) is 16.6. The van der Waals surface area contributed by atoms with Crippen LogP contribution in [0.3, 0.4) is 0 Å². The highest BCUT2D eigenvalue weighted by atomic mass is 32.1. The van der Waals surface area contributed by atoms with Gasteiger partial charge in [-0.3, -0.25) is 9.69 Å². The second-order valence-electron chi connectivity index (χ2n) is 8.09. The van der Waals surface area contributed by atoms with Crippen molar-refractivity contribution in [3.05, 3.63) is 59.7 Å². The number of para-hydroxylation sites is 1. The molecule has 1 saturated carbocycles. The molecule has 0 spiro atoms. The molecule has 0 unspecified atom stereocenters. The molecule has 3 nitrogen and oxygen atoms in total. The highest BCUT2D eigenvalue weighted by molar-refractivity contribution is 7.22. The highest BCUT2D eigenvalue weighted by Crippen LogP contribution is 2.36. The first-order valence-electron chi connectivity index (χ1n) is 10.4. The standard InChI is InChI=1S/C24H28N2OS/c1-17(2)20-14-9-15-21-22(20)25-24(28-21)26(16-18-10-5-3-6-11-18)23(27)19-12-7-4-8-13-19/h3,5-6,9-11,14-15,17,19H,4,7-8,12-13,16H2,1-2H3. The molecule has 1 aromatic heterocycles. The summed E-state index contributed by atoms with van der Waals surface area (Å²) in [4.78, 5) is 20.4. The zero-order chi connectivity index (χ0) is 19.5. The van der Waals surface area contributed by atoms with Gasteiger partial charge in [0.1, 0.15) is 0 Å². The number of hydrogen-bond acceptors (Lipinski definition) is 3. The summed E-state index contributed by atoms with van der Waals surface area (Å²) in [6.45, 7) is 4.98. The lowest BCUT2D eigenvalue weighted by molar-refractivity contribution is -0.123. The monoisotopic (exact) mass is 392 g/mol. The van der Waals surface area contributed by atoms with Crippen molar-refractivity contribution in [2.45, 2.75) is 58.4 Å². The molecule has 0 saturated heterocycles. The quantitative estimate of drug-likeness (QED) is 0.494. The Morgan fingerprint density at radius 1 is 1.07 bits per heavy atom. The van der Waals surface area contributed by atoms with Crippen LogP contribution in [0, 0.1) is 5.92 Å². The fourth-order valence-electron chi connectivity index (χ4n) is 4.12. The van der Waals surface area contributed by atoms with Crippen LogP contribution in [0.15, 0.2) is 48.5 Å². The minimum Gasteiger partial charge on any atom is -0.283 e. The maximum Gasteiger partial charge on any atom is 0.232 e. The molecule has 0 radical (unpaired) electrons. The fraction of sp³-hybridized carbons (Fsp3) is 0.417. The van der Waals surface area contributed by atoms with Crippen LogP contribution in [-0.4, -0.2) is 10.9 Å². The van der Waals surface area contributed by atoms with Gasteiger partial charge in [-0.1, -0.05) is 86.9 Å². The number of fused-ring (bicyclic) bond motifs is 1. The summed E-state index contributed by atoms with van der Waals surface area (Å²) >= 11 is 1.64. The van der Waals surface area contributed by atoms with Crippen LogP contribution >= 0.6 is 11.3 Å². The Labute approximate surface area is 171 Å². The molecule has 1 fully saturated rings. The van der Waals surface area contributed by atoms with Crippen molar-refractivity contribution in [2.24, 2.45) is 5.92 Å². The van der Waals surface area contributed by atoms with E-state index in [1.807, 2.05) is 23.1 Å². The SMILES string of the molecule is CC(C)c1cccc2sc(N(Cc3ccccc3)C(=O)C3CCCCC3)nc12. The third-order valence-electron chi connectivity index (χ3n) is 5.70. The highest BCUT2D eigenvalue weighted by Gasteiger charge is 2.29. The van der Waals surface area contributed by atoms with E-state index in [9.17, 15) is 4.79 Å². The van der Waals surface area contributed by atoms with Crippen molar-refractivity contribution in [1.82, 2.24) is 4.98 Å². The Bertz CT molecular complexity index is 942. The maximum atomic E-state index is 13.5. The van der Waals surface area contributed by atoms with Crippen molar-refractivity contribution >= 4 is 32.6 Å². The average molecular weight is 393 g/mol. The number of nitrogens with zero attached hydrogens (tertiary/aromatic N) is 2. The molecule has 28 heavy (non-hydrogen) atoms. The van der Waals surface area contributed by atoms with Crippen LogP contribution in [-0.2, 0) is 11.3 Å². The molecule has 146 valence electrons. The largest absolute Gasteiger partial charge is 0.283 e. The number of aromatic nitrogens is 1. The van der Waals surface area contributed by atoms with E-state index in [0.717, 1.165) is 46.6 Å². The Balaban J connectivity index is 1.73. The zero-order valence-electron chi connectivity index (χ0n) is 16.7. The first-order chi connectivity index (χ1) is 13.6. The normalized spacial score (nSPS) is 15.2. The molecule has 2 aromatic carbocycles. The number of hydrogen-bond donors (Lipinski definition) is 0. The van der Waals surface area contributed by atoms with Gasteiger partial charge in [0, 0.05) is 5.92 Å². The number of carbonyl (C=O) groups excluding carboxylic acids is 1. The molecule has 0 N–H and O–H groups in total. The summed E-state index contributed by atoms with van der Waals surface area (Å²) < 4.78 is 1.16. The van der Waals surface area contributed by atoms with E-state index in [1.165, 1.54) is 12.0 Å². The second kappa shape index (κ2) is 8.44. The third kappa shape index (κ3) is 3.97. The van der Waals surface area contributed by atoms with Crippen LogP contribution in [0.4, 0.5) is 5.13 Å². The summed E-state index contributed by atoms with van der Waals surface area (Å²) in [5, 5.41) is 0.836. The van der Waals surface area contributed by atoms with Gasteiger partial charge in [0.2, 0.25) is 5.91 Å². The number of benzene rings is 2. The van der Waals surface area contributed by atoms with Crippen molar-refractivity contribution in [1.29, 1.82) is 0 Å². The zero-order valence-corrected chi connectivity index (χ0v) is 17.5. The molecule has 0 atom stereocenters. The molecule has 4 rings (SSSR count). The Morgan fingerprint density at radius 2 is 1.82 bits per heavy atom. The van der Waals surface area contributed by atoms with Crippen molar-refractivity contribution in [3.8, 4) is 0 Å². The van der Waals surface area contributed by atoms with Crippen molar-refractivity contribution in [2.75, 3.05) is 4.90 Å². The predicted octanol–water partition coefficient (Wildman–Crippen LogP) is 6.53. The van der Waals surface area contributed by atoms with Gasteiger partial charge in [0.15, 0.2) is 5.13 Å². The van der Waals surface area contributed by atoms with Crippen LogP contribution in [0.5, 0.6) is 0 Å². The number of rotatable bonds is 5. The molecule has 1 amide bonds.